The van der Waals surface area contributed by atoms with E-state index in [4.69, 9.17) is 5.11 Å². The second-order valence-electron chi connectivity index (χ2n) is 6.74. The van der Waals surface area contributed by atoms with Crippen molar-refractivity contribution in [1.82, 2.24) is 14.7 Å². The van der Waals surface area contributed by atoms with E-state index in [-0.39, 0.29) is 12.6 Å². The van der Waals surface area contributed by atoms with Gasteiger partial charge < -0.3 is 14.9 Å². The van der Waals surface area contributed by atoms with E-state index in [1.807, 2.05) is 20.8 Å². The molecule has 0 aromatic heterocycles. The van der Waals surface area contributed by atoms with Gasteiger partial charge in [-0.25, -0.2) is 4.79 Å². The van der Waals surface area contributed by atoms with Gasteiger partial charge in [-0.3, -0.25) is 9.69 Å². The molecule has 6 heteroatoms. The Kier molecular flexibility index (Phi) is 6.01. The van der Waals surface area contributed by atoms with Crippen molar-refractivity contribution in [1.29, 1.82) is 0 Å². The van der Waals surface area contributed by atoms with Gasteiger partial charge in [-0.15, -0.1) is 0 Å². The van der Waals surface area contributed by atoms with Crippen molar-refractivity contribution in [3.05, 3.63) is 0 Å². The Morgan fingerprint density at radius 3 is 2.43 bits per heavy atom. The molecule has 1 rings (SSSR count). The number of hydrogen-bond acceptors (Lipinski definition) is 3. The molecule has 0 spiro atoms. The monoisotopic (exact) mass is 299 g/mol. The first kappa shape index (κ1) is 17.8. The van der Waals surface area contributed by atoms with Gasteiger partial charge in [0.1, 0.15) is 6.54 Å². The molecule has 0 aliphatic carbocycles. The van der Waals surface area contributed by atoms with Gasteiger partial charge in [0.2, 0.25) is 0 Å². The molecular formula is C15H29N3O3. The van der Waals surface area contributed by atoms with Crippen LogP contribution in [0.15, 0.2) is 0 Å². The summed E-state index contributed by atoms with van der Waals surface area (Å²) in [5.41, 5.74) is -0.510. The van der Waals surface area contributed by atoms with Crippen molar-refractivity contribution < 1.29 is 14.7 Å². The summed E-state index contributed by atoms with van der Waals surface area (Å²) < 4.78 is 0. The van der Waals surface area contributed by atoms with E-state index in [0.29, 0.717) is 12.6 Å². The van der Waals surface area contributed by atoms with Crippen LogP contribution in [0.1, 0.15) is 40.5 Å². The summed E-state index contributed by atoms with van der Waals surface area (Å²) in [6.07, 6.45) is 2.26. The second-order valence-corrected chi connectivity index (χ2v) is 6.74. The van der Waals surface area contributed by atoms with Crippen molar-refractivity contribution in [2.24, 2.45) is 0 Å². The summed E-state index contributed by atoms with van der Waals surface area (Å²) >= 11 is 0. The average Bonchev–Trinajstić information content (AvgIpc) is 2.80. The Labute approximate surface area is 127 Å². The van der Waals surface area contributed by atoms with Gasteiger partial charge in [-0.05, 0) is 46.7 Å². The minimum atomic E-state index is -0.984. The molecule has 0 aromatic carbocycles. The molecule has 0 radical (unpaired) electrons. The number of carbonyl (C=O) groups excluding carboxylic acids is 1. The van der Waals surface area contributed by atoms with E-state index in [0.717, 1.165) is 19.5 Å². The van der Waals surface area contributed by atoms with Gasteiger partial charge in [0.25, 0.3) is 0 Å². The third-order valence-corrected chi connectivity index (χ3v) is 4.05. The summed E-state index contributed by atoms with van der Waals surface area (Å²) in [5.74, 6) is -0.984. The van der Waals surface area contributed by atoms with Crippen LogP contribution in [0.5, 0.6) is 0 Å². The molecule has 1 aliphatic heterocycles. The zero-order chi connectivity index (χ0) is 16.2. The zero-order valence-corrected chi connectivity index (χ0v) is 13.9. The van der Waals surface area contributed by atoms with E-state index in [1.54, 1.807) is 11.9 Å². The molecule has 0 aromatic rings. The van der Waals surface area contributed by atoms with Gasteiger partial charge in [0, 0.05) is 25.2 Å². The summed E-state index contributed by atoms with van der Waals surface area (Å²) in [6.45, 7) is 10.2. The molecule has 122 valence electrons. The molecule has 1 aliphatic rings. The topological polar surface area (TPSA) is 64.1 Å². The van der Waals surface area contributed by atoms with E-state index in [9.17, 15) is 9.59 Å². The Morgan fingerprint density at radius 1 is 1.33 bits per heavy atom. The lowest BCUT2D eigenvalue weighted by atomic mass is 10.1. The Balaban J connectivity index is 2.72. The SMILES string of the molecule is CCN1CCCC1CN(C)C(=O)N(CC(=O)O)C(C)(C)C. The molecule has 1 atom stereocenters. The number of likely N-dealkylation sites (N-methyl/N-ethyl adjacent to an activating group) is 2. The van der Waals surface area contributed by atoms with Crippen LogP contribution in [0.4, 0.5) is 4.79 Å². The second kappa shape index (κ2) is 7.11. The normalized spacial score (nSPS) is 19.6. The highest BCUT2D eigenvalue weighted by atomic mass is 16.4. The van der Waals surface area contributed by atoms with Crippen LogP contribution in [0.25, 0.3) is 0 Å². The highest BCUT2D eigenvalue weighted by Gasteiger charge is 2.32. The third kappa shape index (κ3) is 4.88. The molecule has 21 heavy (non-hydrogen) atoms. The van der Waals surface area contributed by atoms with E-state index in [1.165, 1.54) is 11.3 Å². The summed E-state index contributed by atoms with van der Waals surface area (Å²) in [6, 6.07) is 0.170. The molecule has 1 unspecified atom stereocenters. The number of carbonyl (C=O) groups is 2. The first-order valence-corrected chi connectivity index (χ1v) is 7.65. The predicted molar refractivity (Wildman–Crippen MR) is 82.4 cm³/mol. The molecule has 6 nitrogen and oxygen atoms in total. The number of hydrogen-bond donors (Lipinski definition) is 1. The van der Waals surface area contributed by atoms with Crippen LogP contribution in [-0.2, 0) is 4.79 Å². The average molecular weight is 299 g/mol. The zero-order valence-electron chi connectivity index (χ0n) is 13.9. The fourth-order valence-corrected chi connectivity index (χ4v) is 2.85. The number of nitrogens with zero attached hydrogens (tertiary/aromatic N) is 3. The molecule has 2 amide bonds. The van der Waals surface area contributed by atoms with Gasteiger partial charge in [0.05, 0.1) is 0 Å². The maximum absolute atomic E-state index is 12.6. The predicted octanol–water partition coefficient (Wildman–Crippen LogP) is 1.71. The number of aliphatic carboxylic acids is 1. The van der Waals surface area contributed by atoms with Crippen LogP contribution >= 0.6 is 0 Å². The molecule has 1 heterocycles. The van der Waals surface area contributed by atoms with Crippen LogP contribution in [-0.4, -0.2) is 76.6 Å². The van der Waals surface area contributed by atoms with E-state index < -0.39 is 11.5 Å². The minimum absolute atomic E-state index is 0.215. The van der Waals surface area contributed by atoms with Crippen molar-refractivity contribution in [3.63, 3.8) is 0 Å². The lowest BCUT2D eigenvalue weighted by Crippen LogP contribution is -2.54. The molecular weight excluding hydrogens is 270 g/mol. The highest BCUT2D eigenvalue weighted by molar-refractivity contribution is 5.80. The van der Waals surface area contributed by atoms with Crippen LogP contribution in [0, 0.1) is 0 Å². The largest absolute Gasteiger partial charge is 0.480 e. The van der Waals surface area contributed by atoms with E-state index in [2.05, 4.69) is 11.8 Å². The maximum atomic E-state index is 12.6. The van der Waals surface area contributed by atoms with Gasteiger partial charge in [-0.1, -0.05) is 6.92 Å². The number of urea groups is 1. The highest BCUT2D eigenvalue weighted by Crippen LogP contribution is 2.19. The van der Waals surface area contributed by atoms with Gasteiger partial charge in [-0.2, -0.15) is 0 Å². The van der Waals surface area contributed by atoms with Crippen molar-refractivity contribution in [2.75, 3.05) is 33.2 Å². The number of likely N-dealkylation sites (tertiary alicyclic amines) is 1. The lowest BCUT2D eigenvalue weighted by Gasteiger charge is -2.38. The van der Waals surface area contributed by atoms with Crippen molar-refractivity contribution >= 4 is 12.0 Å². The fourth-order valence-electron chi connectivity index (χ4n) is 2.85. The summed E-state index contributed by atoms with van der Waals surface area (Å²) in [5, 5.41) is 9.02. The smallest absolute Gasteiger partial charge is 0.323 e. The first-order valence-electron chi connectivity index (χ1n) is 7.65. The van der Waals surface area contributed by atoms with Crippen LogP contribution in [0.3, 0.4) is 0 Å². The Bertz CT molecular complexity index is 379. The number of rotatable bonds is 5. The van der Waals surface area contributed by atoms with Crippen LogP contribution < -0.4 is 0 Å². The van der Waals surface area contributed by atoms with Gasteiger partial charge >= 0.3 is 12.0 Å². The number of carboxylic acid groups (broad SMARTS) is 1. The molecule has 0 saturated carbocycles. The summed E-state index contributed by atoms with van der Waals surface area (Å²) in [7, 11) is 1.76. The number of carboxylic acids is 1. The third-order valence-electron chi connectivity index (χ3n) is 4.05. The molecule has 1 fully saturated rings. The van der Waals surface area contributed by atoms with Crippen molar-refractivity contribution in [3.8, 4) is 0 Å². The van der Waals surface area contributed by atoms with E-state index >= 15 is 0 Å². The Hall–Kier alpha value is -1.30. The minimum Gasteiger partial charge on any atom is -0.480 e. The maximum Gasteiger partial charge on any atom is 0.323 e. The quantitative estimate of drug-likeness (QED) is 0.839. The Morgan fingerprint density at radius 2 is 1.95 bits per heavy atom. The standard InChI is InChI=1S/C15H29N3O3/c1-6-17-9-7-8-12(17)10-16(5)14(21)18(11-13(19)20)15(2,3)4/h12H,6-11H2,1-5H3,(H,19,20). The molecule has 1 N–H and O–H groups in total. The molecule has 0 bridgehead atoms. The van der Waals surface area contributed by atoms with Crippen molar-refractivity contribution in [2.45, 2.75) is 52.1 Å². The summed E-state index contributed by atoms with van der Waals surface area (Å²) in [4.78, 5) is 29.0. The van der Waals surface area contributed by atoms with Gasteiger partial charge in [0.15, 0.2) is 0 Å². The molecule has 1 saturated heterocycles. The lowest BCUT2D eigenvalue weighted by molar-refractivity contribution is -0.138. The first-order chi connectivity index (χ1) is 9.66. The van der Waals surface area contributed by atoms with Crippen LogP contribution in [0.2, 0.25) is 0 Å². The fraction of sp³-hybridized carbons (Fsp3) is 0.867. The number of amides is 2.